The van der Waals surface area contributed by atoms with Crippen molar-refractivity contribution in [2.75, 3.05) is 13.1 Å². The van der Waals surface area contributed by atoms with E-state index in [0.29, 0.717) is 11.5 Å². The van der Waals surface area contributed by atoms with E-state index in [0.717, 1.165) is 25.9 Å². The summed E-state index contributed by atoms with van der Waals surface area (Å²) < 4.78 is 0. The van der Waals surface area contributed by atoms with Gasteiger partial charge in [-0.1, -0.05) is 20.8 Å². The molecule has 1 saturated heterocycles. The molecule has 1 N–H and O–H groups in total. The number of hydrogen-bond acceptors (Lipinski definition) is 3. The van der Waals surface area contributed by atoms with Gasteiger partial charge in [-0.25, -0.2) is 9.78 Å². The Balaban J connectivity index is 2.09. The molecule has 21 heavy (non-hydrogen) atoms. The molecule has 0 unspecified atom stereocenters. The maximum Gasteiger partial charge on any atom is 0.354 e. The van der Waals surface area contributed by atoms with E-state index in [-0.39, 0.29) is 17.0 Å². The summed E-state index contributed by atoms with van der Waals surface area (Å²) in [4.78, 5) is 28.9. The lowest BCUT2D eigenvalue weighted by Gasteiger charge is -2.42. The van der Waals surface area contributed by atoms with Gasteiger partial charge in [0.25, 0.3) is 5.91 Å². The average molecular weight is 290 g/mol. The number of pyridine rings is 1. The van der Waals surface area contributed by atoms with Crippen LogP contribution in [0.15, 0.2) is 18.3 Å². The molecule has 5 heteroatoms. The molecule has 1 fully saturated rings. The number of rotatable bonds is 3. The van der Waals surface area contributed by atoms with Crippen LogP contribution in [0.25, 0.3) is 0 Å². The number of carboxylic acids is 1. The number of aromatic nitrogens is 1. The molecule has 2 rings (SSSR count). The van der Waals surface area contributed by atoms with Gasteiger partial charge in [0.2, 0.25) is 0 Å². The summed E-state index contributed by atoms with van der Waals surface area (Å²) in [6.45, 7) is 8.16. The zero-order valence-corrected chi connectivity index (χ0v) is 12.8. The van der Waals surface area contributed by atoms with Gasteiger partial charge in [0.1, 0.15) is 5.69 Å². The lowest BCUT2D eigenvalue weighted by molar-refractivity contribution is 0.0508. The minimum Gasteiger partial charge on any atom is -0.477 e. The first-order chi connectivity index (χ1) is 9.83. The van der Waals surface area contributed by atoms with E-state index in [1.807, 2.05) is 4.90 Å². The highest BCUT2D eigenvalue weighted by Crippen LogP contribution is 2.38. The highest BCUT2D eigenvalue weighted by atomic mass is 16.4. The molecule has 1 aliphatic rings. The van der Waals surface area contributed by atoms with Crippen molar-refractivity contribution in [1.82, 2.24) is 9.88 Å². The third-order valence-electron chi connectivity index (χ3n) is 4.81. The van der Waals surface area contributed by atoms with Gasteiger partial charge < -0.3 is 10.0 Å². The average Bonchev–Trinajstić information content (AvgIpc) is 2.47. The van der Waals surface area contributed by atoms with Gasteiger partial charge in [0.05, 0.1) is 0 Å². The van der Waals surface area contributed by atoms with Gasteiger partial charge in [0, 0.05) is 24.8 Å². The Bertz CT molecular complexity index is 546. The third-order valence-corrected chi connectivity index (χ3v) is 4.81. The fraction of sp³-hybridized carbons (Fsp3) is 0.562. The molecule has 2 heterocycles. The number of piperidine rings is 1. The Morgan fingerprint density at radius 2 is 1.95 bits per heavy atom. The molecule has 0 spiro atoms. The molecular weight excluding hydrogens is 268 g/mol. The van der Waals surface area contributed by atoms with Crippen LogP contribution in [0.4, 0.5) is 0 Å². The largest absolute Gasteiger partial charge is 0.477 e. The fourth-order valence-corrected chi connectivity index (χ4v) is 2.66. The van der Waals surface area contributed by atoms with Gasteiger partial charge in [0.15, 0.2) is 0 Å². The van der Waals surface area contributed by atoms with Crippen LogP contribution in [0.1, 0.15) is 54.5 Å². The molecule has 0 atom stereocenters. The maximum absolute atomic E-state index is 12.5. The van der Waals surface area contributed by atoms with Crippen molar-refractivity contribution in [1.29, 1.82) is 0 Å². The Morgan fingerprint density at radius 1 is 1.33 bits per heavy atom. The van der Waals surface area contributed by atoms with E-state index in [2.05, 4.69) is 25.8 Å². The van der Waals surface area contributed by atoms with Crippen LogP contribution in [-0.2, 0) is 0 Å². The van der Waals surface area contributed by atoms with Crippen LogP contribution in [-0.4, -0.2) is 40.0 Å². The number of amides is 1. The van der Waals surface area contributed by atoms with E-state index in [4.69, 9.17) is 5.11 Å². The first-order valence-corrected chi connectivity index (χ1v) is 7.32. The van der Waals surface area contributed by atoms with Crippen molar-refractivity contribution in [3.63, 3.8) is 0 Å². The van der Waals surface area contributed by atoms with Gasteiger partial charge in [-0.05, 0) is 36.3 Å². The number of likely N-dealkylation sites (tertiary alicyclic amines) is 1. The summed E-state index contributed by atoms with van der Waals surface area (Å²) in [5.41, 5.74) is 0.585. The predicted molar refractivity (Wildman–Crippen MR) is 79.3 cm³/mol. The first-order valence-electron chi connectivity index (χ1n) is 7.32. The minimum absolute atomic E-state index is 0.0927. The summed E-state index contributed by atoms with van der Waals surface area (Å²) in [7, 11) is 0. The SMILES string of the molecule is CC(C)C1(C)CCN(C(=O)c2ccnc(C(=O)O)c2)CC1. The molecule has 0 saturated carbocycles. The Kier molecular flexibility index (Phi) is 4.30. The van der Waals surface area contributed by atoms with Gasteiger partial charge in [-0.2, -0.15) is 0 Å². The fourth-order valence-electron chi connectivity index (χ4n) is 2.66. The van der Waals surface area contributed by atoms with Crippen molar-refractivity contribution in [3.05, 3.63) is 29.6 Å². The Hall–Kier alpha value is -1.91. The van der Waals surface area contributed by atoms with Crippen molar-refractivity contribution >= 4 is 11.9 Å². The second kappa shape index (κ2) is 5.84. The zero-order chi connectivity index (χ0) is 15.6. The monoisotopic (exact) mass is 290 g/mol. The molecule has 0 bridgehead atoms. The van der Waals surface area contributed by atoms with E-state index in [1.54, 1.807) is 6.07 Å². The number of carbonyl (C=O) groups excluding carboxylic acids is 1. The normalized spacial score (nSPS) is 17.8. The molecule has 1 amide bonds. The molecule has 1 aromatic heterocycles. The Morgan fingerprint density at radius 3 is 2.48 bits per heavy atom. The summed E-state index contributed by atoms with van der Waals surface area (Å²) in [6.07, 6.45) is 3.33. The minimum atomic E-state index is -1.12. The summed E-state index contributed by atoms with van der Waals surface area (Å²) in [6, 6.07) is 2.92. The zero-order valence-electron chi connectivity index (χ0n) is 12.8. The maximum atomic E-state index is 12.5. The van der Waals surface area contributed by atoms with Crippen LogP contribution in [0, 0.1) is 11.3 Å². The Labute approximate surface area is 125 Å². The van der Waals surface area contributed by atoms with Crippen LogP contribution < -0.4 is 0 Å². The van der Waals surface area contributed by atoms with Gasteiger partial charge in [-0.15, -0.1) is 0 Å². The van der Waals surface area contributed by atoms with Crippen molar-refractivity contribution in [2.24, 2.45) is 11.3 Å². The molecular formula is C16H22N2O3. The standard InChI is InChI=1S/C16H22N2O3/c1-11(2)16(3)5-8-18(9-6-16)14(19)12-4-7-17-13(10-12)15(20)21/h4,7,10-11H,5-6,8-9H2,1-3H3,(H,20,21). The molecule has 5 nitrogen and oxygen atoms in total. The quantitative estimate of drug-likeness (QED) is 0.929. The van der Waals surface area contributed by atoms with Crippen LogP contribution >= 0.6 is 0 Å². The van der Waals surface area contributed by atoms with Crippen molar-refractivity contribution < 1.29 is 14.7 Å². The second-order valence-electron chi connectivity index (χ2n) is 6.34. The third kappa shape index (κ3) is 3.23. The first kappa shape index (κ1) is 15.5. The van der Waals surface area contributed by atoms with E-state index in [9.17, 15) is 9.59 Å². The van der Waals surface area contributed by atoms with Gasteiger partial charge >= 0.3 is 5.97 Å². The second-order valence-corrected chi connectivity index (χ2v) is 6.34. The highest BCUT2D eigenvalue weighted by molar-refractivity contribution is 5.96. The molecule has 1 aliphatic heterocycles. The molecule has 0 aliphatic carbocycles. The topological polar surface area (TPSA) is 70.5 Å². The van der Waals surface area contributed by atoms with Crippen LogP contribution in [0.2, 0.25) is 0 Å². The summed E-state index contributed by atoms with van der Waals surface area (Å²) in [5.74, 6) is -0.629. The molecule has 114 valence electrons. The van der Waals surface area contributed by atoms with Gasteiger partial charge in [-0.3, -0.25) is 4.79 Å². The summed E-state index contributed by atoms with van der Waals surface area (Å²) in [5, 5.41) is 8.94. The number of hydrogen-bond donors (Lipinski definition) is 1. The number of aromatic carboxylic acids is 1. The van der Waals surface area contributed by atoms with Crippen LogP contribution in [0.3, 0.4) is 0 Å². The molecule has 1 aromatic rings. The number of carboxylic acid groups (broad SMARTS) is 1. The van der Waals surface area contributed by atoms with Crippen LogP contribution in [0.5, 0.6) is 0 Å². The molecule has 0 radical (unpaired) electrons. The number of nitrogens with zero attached hydrogens (tertiary/aromatic N) is 2. The molecule has 0 aromatic carbocycles. The lowest BCUT2D eigenvalue weighted by atomic mass is 9.72. The predicted octanol–water partition coefficient (Wildman–Crippen LogP) is 2.68. The van der Waals surface area contributed by atoms with E-state index in [1.165, 1.54) is 12.3 Å². The lowest BCUT2D eigenvalue weighted by Crippen LogP contribution is -2.44. The van der Waals surface area contributed by atoms with E-state index >= 15 is 0 Å². The summed E-state index contributed by atoms with van der Waals surface area (Å²) >= 11 is 0. The highest BCUT2D eigenvalue weighted by Gasteiger charge is 2.34. The van der Waals surface area contributed by atoms with E-state index < -0.39 is 5.97 Å². The number of carbonyl (C=O) groups is 2. The van der Waals surface area contributed by atoms with Crippen molar-refractivity contribution in [3.8, 4) is 0 Å². The van der Waals surface area contributed by atoms with Crippen molar-refractivity contribution in [2.45, 2.75) is 33.6 Å². The smallest absolute Gasteiger partial charge is 0.354 e.